The second kappa shape index (κ2) is 4.02. The number of carboxylic acids is 1. The minimum absolute atomic E-state index is 0.112. The van der Waals surface area contributed by atoms with E-state index < -0.39 is 5.97 Å². The fraction of sp³-hybridized carbons (Fsp3) is 0. The fourth-order valence-electron chi connectivity index (χ4n) is 1.45. The molecule has 2 aromatic rings. The van der Waals surface area contributed by atoms with Crippen molar-refractivity contribution in [3.63, 3.8) is 0 Å². The molecular formula is C12H10N2O2. The molecule has 0 unspecified atom stereocenters. The van der Waals surface area contributed by atoms with Gasteiger partial charge in [-0.25, -0.2) is 4.79 Å². The molecule has 1 aromatic carbocycles. The molecule has 16 heavy (non-hydrogen) atoms. The van der Waals surface area contributed by atoms with Crippen LogP contribution in [0, 0.1) is 0 Å². The Labute approximate surface area is 92.4 Å². The van der Waals surface area contributed by atoms with E-state index in [-0.39, 0.29) is 11.3 Å². The number of rotatable bonds is 2. The van der Waals surface area contributed by atoms with Gasteiger partial charge in [0.25, 0.3) is 0 Å². The summed E-state index contributed by atoms with van der Waals surface area (Å²) in [5, 5.41) is 8.94. The predicted octanol–water partition coefficient (Wildman–Crippen LogP) is 2.03. The Morgan fingerprint density at radius 2 is 2.06 bits per heavy atom. The zero-order chi connectivity index (χ0) is 11.5. The highest BCUT2D eigenvalue weighted by Gasteiger charge is 2.09. The molecule has 80 valence electrons. The van der Waals surface area contributed by atoms with Gasteiger partial charge in [-0.3, -0.25) is 4.98 Å². The van der Waals surface area contributed by atoms with Gasteiger partial charge in [0.05, 0.1) is 5.56 Å². The standard InChI is InChI=1S/C12H10N2O2/c13-11-4-3-8(6-10(11)12(15)16)9-2-1-5-14-7-9/h1-7H,13H2,(H,15,16). The van der Waals surface area contributed by atoms with Crippen molar-refractivity contribution in [1.82, 2.24) is 4.98 Å². The molecule has 0 bridgehead atoms. The lowest BCUT2D eigenvalue weighted by molar-refractivity contribution is 0.0698. The van der Waals surface area contributed by atoms with E-state index in [0.717, 1.165) is 11.1 Å². The van der Waals surface area contributed by atoms with Crippen molar-refractivity contribution in [3.8, 4) is 11.1 Å². The Bertz CT molecular complexity index is 524. The van der Waals surface area contributed by atoms with Crippen LogP contribution in [0.25, 0.3) is 11.1 Å². The molecule has 0 aliphatic carbocycles. The summed E-state index contributed by atoms with van der Waals surface area (Å²) in [6.07, 6.45) is 3.34. The Kier molecular flexibility index (Phi) is 2.55. The maximum absolute atomic E-state index is 10.9. The number of nitrogen functional groups attached to an aromatic ring is 1. The van der Waals surface area contributed by atoms with Gasteiger partial charge in [0.2, 0.25) is 0 Å². The van der Waals surface area contributed by atoms with Gasteiger partial charge < -0.3 is 10.8 Å². The van der Waals surface area contributed by atoms with Crippen LogP contribution in [0.1, 0.15) is 10.4 Å². The predicted molar refractivity (Wildman–Crippen MR) is 61.0 cm³/mol. The first-order valence-electron chi connectivity index (χ1n) is 4.71. The van der Waals surface area contributed by atoms with E-state index >= 15 is 0 Å². The van der Waals surface area contributed by atoms with Gasteiger partial charge in [0, 0.05) is 23.6 Å². The first-order chi connectivity index (χ1) is 7.68. The van der Waals surface area contributed by atoms with Crippen LogP contribution in [-0.2, 0) is 0 Å². The second-order valence-electron chi connectivity index (χ2n) is 3.35. The SMILES string of the molecule is Nc1ccc(-c2cccnc2)cc1C(=O)O. The summed E-state index contributed by atoms with van der Waals surface area (Å²) in [4.78, 5) is 14.9. The van der Waals surface area contributed by atoms with E-state index in [9.17, 15) is 4.79 Å². The number of benzene rings is 1. The van der Waals surface area contributed by atoms with Crippen molar-refractivity contribution in [2.45, 2.75) is 0 Å². The molecule has 0 atom stereocenters. The molecule has 0 aliphatic rings. The van der Waals surface area contributed by atoms with E-state index in [4.69, 9.17) is 10.8 Å². The number of pyridine rings is 1. The molecule has 0 aliphatic heterocycles. The summed E-state index contributed by atoms with van der Waals surface area (Å²) in [7, 11) is 0. The van der Waals surface area contributed by atoms with Crippen molar-refractivity contribution in [2.75, 3.05) is 5.73 Å². The van der Waals surface area contributed by atoms with Gasteiger partial charge in [0.1, 0.15) is 0 Å². The van der Waals surface area contributed by atoms with Crippen molar-refractivity contribution in [1.29, 1.82) is 0 Å². The van der Waals surface area contributed by atoms with Gasteiger partial charge >= 0.3 is 5.97 Å². The quantitative estimate of drug-likeness (QED) is 0.750. The second-order valence-corrected chi connectivity index (χ2v) is 3.35. The number of aromatic nitrogens is 1. The summed E-state index contributed by atoms with van der Waals surface area (Å²) in [6, 6.07) is 8.58. The number of aromatic carboxylic acids is 1. The third-order valence-electron chi connectivity index (χ3n) is 2.28. The Hall–Kier alpha value is -2.36. The molecule has 3 N–H and O–H groups in total. The first kappa shape index (κ1) is 10.2. The van der Waals surface area contributed by atoms with Crippen LogP contribution in [0.5, 0.6) is 0 Å². The average Bonchev–Trinajstić information content (AvgIpc) is 2.30. The molecule has 1 heterocycles. The van der Waals surface area contributed by atoms with Gasteiger partial charge in [0.15, 0.2) is 0 Å². The van der Waals surface area contributed by atoms with Gasteiger partial charge in [-0.05, 0) is 23.8 Å². The van der Waals surface area contributed by atoms with E-state index in [1.807, 2.05) is 6.07 Å². The number of nitrogens with zero attached hydrogens (tertiary/aromatic N) is 1. The van der Waals surface area contributed by atoms with Crippen LogP contribution >= 0.6 is 0 Å². The molecule has 4 nitrogen and oxygen atoms in total. The van der Waals surface area contributed by atoms with Crippen molar-refractivity contribution in [2.24, 2.45) is 0 Å². The highest BCUT2D eigenvalue weighted by atomic mass is 16.4. The lowest BCUT2D eigenvalue weighted by atomic mass is 10.0. The van der Waals surface area contributed by atoms with Crippen LogP contribution in [0.15, 0.2) is 42.7 Å². The van der Waals surface area contributed by atoms with Crippen LogP contribution in [0.4, 0.5) is 5.69 Å². The molecule has 0 fully saturated rings. The highest BCUT2D eigenvalue weighted by Crippen LogP contribution is 2.22. The largest absolute Gasteiger partial charge is 0.478 e. The molecule has 4 heteroatoms. The number of carbonyl (C=O) groups is 1. The topological polar surface area (TPSA) is 76.2 Å². The van der Waals surface area contributed by atoms with Gasteiger partial charge in [-0.15, -0.1) is 0 Å². The van der Waals surface area contributed by atoms with Crippen LogP contribution < -0.4 is 5.73 Å². The maximum atomic E-state index is 10.9. The Morgan fingerprint density at radius 3 is 2.69 bits per heavy atom. The van der Waals surface area contributed by atoms with Gasteiger partial charge in [-0.2, -0.15) is 0 Å². The van der Waals surface area contributed by atoms with Gasteiger partial charge in [-0.1, -0.05) is 12.1 Å². The maximum Gasteiger partial charge on any atom is 0.337 e. The van der Waals surface area contributed by atoms with E-state index in [1.54, 1.807) is 36.7 Å². The van der Waals surface area contributed by atoms with Crippen molar-refractivity contribution < 1.29 is 9.90 Å². The molecule has 0 amide bonds. The number of hydrogen-bond acceptors (Lipinski definition) is 3. The molecule has 1 aromatic heterocycles. The molecule has 2 rings (SSSR count). The zero-order valence-corrected chi connectivity index (χ0v) is 8.42. The van der Waals surface area contributed by atoms with Crippen LogP contribution in [0.3, 0.4) is 0 Å². The summed E-state index contributed by atoms with van der Waals surface area (Å²) >= 11 is 0. The lowest BCUT2D eigenvalue weighted by Crippen LogP contribution is -2.02. The van der Waals surface area contributed by atoms with Crippen LogP contribution in [-0.4, -0.2) is 16.1 Å². The summed E-state index contributed by atoms with van der Waals surface area (Å²) < 4.78 is 0. The van der Waals surface area contributed by atoms with Crippen molar-refractivity contribution in [3.05, 3.63) is 48.3 Å². The Morgan fingerprint density at radius 1 is 1.25 bits per heavy atom. The number of hydrogen-bond donors (Lipinski definition) is 2. The Balaban J connectivity index is 2.52. The normalized spacial score (nSPS) is 10.0. The smallest absolute Gasteiger partial charge is 0.337 e. The summed E-state index contributed by atoms with van der Waals surface area (Å²) in [6.45, 7) is 0. The fourth-order valence-corrected chi connectivity index (χ4v) is 1.45. The number of anilines is 1. The van der Waals surface area contributed by atoms with Crippen LogP contribution in [0.2, 0.25) is 0 Å². The number of nitrogens with two attached hydrogens (primary N) is 1. The first-order valence-corrected chi connectivity index (χ1v) is 4.71. The third kappa shape index (κ3) is 1.86. The molecular weight excluding hydrogens is 204 g/mol. The molecule has 0 saturated heterocycles. The van der Waals surface area contributed by atoms with Crippen molar-refractivity contribution >= 4 is 11.7 Å². The minimum atomic E-state index is -1.02. The average molecular weight is 214 g/mol. The van der Waals surface area contributed by atoms with E-state index in [2.05, 4.69) is 4.98 Å². The monoisotopic (exact) mass is 214 g/mol. The molecule has 0 radical (unpaired) electrons. The third-order valence-corrected chi connectivity index (χ3v) is 2.28. The highest BCUT2D eigenvalue weighted by molar-refractivity contribution is 5.95. The zero-order valence-electron chi connectivity index (χ0n) is 8.42. The van der Waals surface area contributed by atoms with E-state index in [1.165, 1.54) is 0 Å². The molecule has 0 saturated carbocycles. The lowest BCUT2D eigenvalue weighted by Gasteiger charge is -2.04. The van der Waals surface area contributed by atoms with E-state index in [0.29, 0.717) is 0 Å². The minimum Gasteiger partial charge on any atom is -0.478 e. The summed E-state index contributed by atoms with van der Waals surface area (Å²) in [5.41, 5.74) is 7.61. The number of carboxylic acid groups (broad SMARTS) is 1. The molecule has 0 spiro atoms. The summed E-state index contributed by atoms with van der Waals surface area (Å²) in [5.74, 6) is -1.02.